The maximum absolute atomic E-state index is 10.9. The van der Waals surface area contributed by atoms with Gasteiger partial charge in [0.15, 0.2) is 0 Å². The molecule has 1 aromatic carbocycles. The second kappa shape index (κ2) is 5.40. The van der Waals surface area contributed by atoms with Gasteiger partial charge < -0.3 is 17.1 Å². The standard InChI is InChI=1S/C18H26NO2.ClH/c1-19(20)10-9-18-8-4-3-5-15(18)17(19)11-13-6-7-14(21-2)12-16(13)18;/h6-7,12,15,17,20H,3-5,8-11H2,1-2H3;1H/q+1;/p-1/t15-,17+,18+,19?;/m1./s1. The Hall–Kier alpha value is -0.770. The molecule has 0 amide bonds. The van der Waals surface area contributed by atoms with Crippen LogP contribution in [0.15, 0.2) is 18.2 Å². The van der Waals surface area contributed by atoms with Crippen molar-refractivity contribution in [1.29, 1.82) is 0 Å². The summed E-state index contributed by atoms with van der Waals surface area (Å²) < 4.78 is 5.70. The number of nitrogens with zero attached hydrogens (tertiary/aromatic N) is 1. The van der Waals surface area contributed by atoms with Crippen LogP contribution in [-0.4, -0.2) is 36.6 Å². The fraction of sp³-hybridized carbons (Fsp3) is 0.667. The lowest BCUT2D eigenvalue weighted by molar-refractivity contribution is -1.11. The fourth-order valence-corrected chi connectivity index (χ4v) is 5.47. The van der Waals surface area contributed by atoms with E-state index in [1.165, 1.54) is 36.8 Å². The zero-order chi connectivity index (χ0) is 14.7. The summed E-state index contributed by atoms with van der Waals surface area (Å²) in [6.07, 6.45) is 7.33. The van der Waals surface area contributed by atoms with Gasteiger partial charge in [-0.2, -0.15) is 4.65 Å². The van der Waals surface area contributed by atoms with Crippen molar-refractivity contribution in [3.63, 3.8) is 0 Å². The Morgan fingerprint density at radius 3 is 2.86 bits per heavy atom. The van der Waals surface area contributed by atoms with Crippen LogP contribution in [0.4, 0.5) is 0 Å². The molecule has 0 aromatic heterocycles. The van der Waals surface area contributed by atoms with Gasteiger partial charge in [0.2, 0.25) is 0 Å². The lowest BCUT2D eigenvalue weighted by Crippen LogP contribution is -3.00. The number of likely N-dealkylation sites (N-methyl/N-ethyl adjacent to an activating group) is 1. The van der Waals surface area contributed by atoms with Gasteiger partial charge in [0.1, 0.15) is 18.3 Å². The monoisotopic (exact) mass is 323 g/mol. The van der Waals surface area contributed by atoms with Crippen molar-refractivity contribution in [3.05, 3.63) is 29.3 Å². The Morgan fingerprint density at radius 1 is 1.27 bits per heavy atom. The number of quaternary nitrogens is 1. The third kappa shape index (κ3) is 2.10. The quantitative estimate of drug-likeness (QED) is 0.753. The summed E-state index contributed by atoms with van der Waals surface area (Å²) >= 11 is 0. The predicted octanol–water partition coefficient (Wildman–Crippen LogP) is 0.291. The number of piperidine rings is 1. The number of fused-ring (bicyclic) bond motifs is 1. The van der Waals surface area contributed by atoms with Crippen LogP contribution in [0.2, 0.25) is 0 Å². The largest absolute Gasteiger partial charge is 1.00 e. The summed E-state index contributed by atoms with van der Waals surface area (Å²) in [4.78, 5) is 0. The van der Waals surface area contributed by atoms with Crippen LogP contribution in [-0.2, 0) is 11.8 Å². The summed E-state index contributed by atoms with van der Waals surface area (Å²) in [5, 5.41) is 10.9. The first-order valence-corrected chi connectivity index (χ1v) is 8.32. The predicted molar refractivity (Wildman–Crippen MR) is 81.6 cm³/mol. The van der Waals surface area contributed by atoms with Crippen LogP contribution >= 0.6 is 0 Å². The molecular formula is C18H26ClNO2. The van der Waals surface area contributed by atoms with E-state index >= 15 is 0 Å². The molecule has 2 fully saturated rings. The van der Waals surface area contributed by atoms with E-state index < -0.39 is 0 Å². The average molecular weight is 324 g/mol. The minimum absolute atomic E-state index is 0. The van der Waals surface area contributed by atoms with Crippen LogP contribution in [0.5, 0.6) is 5.75 Å². The molecule has 1 N–H and O–H groups in total. The third-order valence-corrected chi connectivity index (χ3v) is 6.57. The number of ether oxygens (including phenoxy) is 1. The SMILES string of the molecule is COc1ccc2c(c1)[C@]13CCCC[C@@H]1[C@H](C2)[N+](C)(O)CC3.[Cl-]. The molecule has 3 nitrogen and oxygen atoms in total. The molecule has 1 unspecified atom stereocenters. The molecule has 0 radical (unpaired) electrons. The van der Waals surface area contributed by atoms with Gasteiger partial charge in [-0.1, -0.05) is 18.9 Å². The highest BCUT2D eigenvalue weighted by Gasteiger charge is 2.59. The van der Waals surface area contributed by atoms with Crippen molar-refractivity contribution >= 4 is 0 Å². The van der Waals surface area contributed by atoms with Crippen molar-refractivity contribution in [1.82, 2.24) is 0 Å². The smallest absolute Gasteiger partial charge is 0.126 e. The molecule has 3 aliphatic rings. The van der Waals surface area contributed by atoms with Crippen molar-refractivity contribution in [2.75, 3.05) is 20.7 Å². The van der Waals surface area contributed by atoms with Crippen molar-refractivity contribution < 1.29 is 27.0 Å². The molecule has 2 bridgehead atoms. The Balaban J connectivity index is 0.00000144. The first-order chi connectivity index (χ1) is 10.1. The van der Waals surface area contributed by atoms with E-state index in [2.05, 4.69) is 18.2 Å². The molecule has 4 rings (SSSR count). The van der Waals surface area contributed by atoms with Crippen LogP contribution in [0.25, 0.3) is 0 Å². The van der Waals surface area contributed by atoms with Crippen LogP contribution in [0.3, 0.4) is 0 Å². The van der Waals surface area contributed by atoms with Gasteiger partial charge in [-0.3, -0.25) is 0 Å². The molecule has 4 atom stereocenters. The van der Waals surface area contributed by atoms with Gasteiger partial charge in [-0.05, 0) is 36.1 Å². The van der Waals surface area contributed by atoms with Gasteiger partial charge >= 0.3 is 0 Å². The number of likely N-dealkylation sites (tertiary alicyclic amines) is 1. The summed E-state index contributed by atoms with van der Waals surface area (Å²) in [6, 6.07) is 6.98. The third-order valence-electron chi connectivity index (χ3n) is 6.57. The first-order valence-electron chi connectivity index (χ1n) is 8.32. The van der Waals surface area contributed by atoms with Crippen LogP contribution < -0.4 is 17.1 Å². The molecule has 4 heteroatoms. The van der Waals surface area contributed by atoms with Gasteiger partial charge in [-0.15, -0.1) is 0 Å². The second-order valence-corrected chi connectivity index (χ2v) is 7.49. The molecule has 0 spiro atoms. The molecule has 1 saturated carbocycles. The zero-order valence-corrected chi connectivity index (χ0v) is 14.3. The van der Waals surface area contributed by atoms with E-state index in [0.717, 1.165) is 25.1 Å². The molecule has 1 saturated heterocycles. The maximum Gasteiger partial charge on any atom is 0.126 e. The van der Waals surface area contributed by atoms with E-state index in [4.69, 9.17) is 4.74 Å². The van der Waals surface area contributed by atoms with E-state index in [1.807, 2.05) is 7.05 Å². The van der Waals surface area contributed by atoms with Crippen LogP contribution in [0.1, 0.15) is 43.2 Å². The first kappa shape index (κ1) is 16.1. The highest BCUT2D eigenvalue weighted by atomic mass is 35.5. The Kier molecular flexibility index (Phi) is 3.95. The molecular weight excluding hydrogens is 298 g/mol. The molecule has 22 heavy (non-hydrogen) atoms. The Morgan fingerprint density at radius 2 is 2.09 bits per heavy atom. The second-order valence-electron chi connectivity index (χ2n) is 7.49. The van der Waals surface area contributed by atoms with Gasteiger partial charge in [0.25, 0.3) is 0 Å². The maximum atomic E-state index is 10.9. The number of hydrogen-bond donors (Lipinski definition) is 1. The van der Waals surface area contributed by atoms with E-state index in [1.54, 1.807) is 7.11 Å². The minimum Gasteiger partial charge on any atom is -1.00 e. The average Bonchev–Trinajstić information content (AvgIpc) is 2.51. The summed E-state index contributed by atoms with van der Waals surface area (Å²) in [7, 11) is 3.77. The number of methoxy groups -OCH3 is 1. The Labute approximate surface area is 139 Å². The summed E-state index contributed by atoms with van der Waals surface area (Å²) in [5.74, 6) is 1.62. The summed E-state index contributed by atoms with van der Waals surface area (Å²) in [6.45, 7) is 0.887. The molecule has 2 aliphatic carbocycles. The van der Waals surface area contributed by atoms with Crippen LogP contribution in [0, 0.1) is 5.92 Å². The number of halogens is 1. The molecule has 122 valence electrons. The zero-order valence-electron chi connectivity index (χ0n) is 13.5. The number of rotatable bonds is 1. The van der Waals surface area contributed by atoms with Crippen molar-refractivity contribution in [3.8, 4) is 5.75 Å². The topological polar surface area (TPSA) is 29.5 Å². The molecule has 1 heterocycles. The summed E-state index contributed by atoms with van der Waals surface area (Å²) in [5.41, 5.74) is 3.27. The van der Waals surface area contributed by atoms with Gasteiger partial charge in [0.05, 0.1) is 14.2 Å². The lowest BCUT2D eigenvalue weighted by Gasteiger charge is -2.58. The molecule has 1 aliphatic heterocycles. The minimum atomic E-state index is 0. The van der Waals surface area contributed by atoms with Crippen molar-refractivity contribution in [2.24, 2.45) is 5.92 Å². The number of hydrogen-bond acceptors (Lipinski definition) is 2. The van der Waals surface area contributed by atoms with E-state index in [9.17, 15) is 5.21 Å². The highest BCUT2D eigenvalue weighted by molar-refractivity contribution is 5.45. The lowest BCUT2D eigenvalue weighted by atomic mass is 9.52. The van der Waals surface area contributed by atoms with Gasteiger partial charge in [-0.25, -0.2) is 5.21 Å². The highest BCUT2D eigenvalue weighted by Crippen LogP contribution is 2.57. The van der Waals surface area contributed by atoms with E-state index in [-0.39, 0.29) is 17.1 Å². The van der Waals surface area contributed by atoms with Gasteiger partial charge in [0, 0.05) is 24.2 Å². The Bertz CT molecular complexity index is 574. The molecule has 1 aromatic rings. The number of benzene rings is 1. The fourth-order valence-electron chi connectivity index (χ4n) is 5.47. The number of hydroxylamine groups is 3. The normalized spacial score (nSPS) is 39.2. The van der Waals surface area contributed by atoms with Crippen molar-refractivity contribution in [2.45, 2.75) is 50.0 Å². The van der Waals surface area contributed by atoms with E-state index in [0.29, 0.717) is 17.4 Å².